The van der Waals surface area contributed by atoms with Crippen molar-refractivity contribution in [2.24, 2.45) is 5.92 Å². The van der Waals surface area contributed by atoms with Crippen molar-refractivity contribution in [3.8, 4) is 90.1 Å². The van der Waals surface area contributed by atoms with Gasteiger partial charge < -0.3 is 15.0 Å². The van der Waals surface area contributed by atoms with Gasteiger partial charge in [0.25, 0.3) is 0 Å². The molecule has 1 saturated heterocycles. The molecule has 71 heavy (non-hydrogen) atoms. The quantitative estimate of drug-likeness (QED) is 0.108. The molecular formula is C63H54BN5O2. The van der Waals surface area contributed by atoms with Crippen molar-refractivity contribution in [3.63, 3.8) is 0 Å². The summed E-state index contributed by atoms with van der Waals surface area (Å²) >= 11 is 0. The Morgan fingerprint density at radius 3 is 1.27 bits per heavy atom. The van der Waals surface area contributed by atoms with Gasteiger partial charge in [0.15, 0.2) is 11.6 Å². The Balaban J connectivity index is 1.07. The number of allylic oxidation sites excluding steroid dienone is 4. The van der Waals surface area contributed by atoms with Gasteiger partial charge in [-0.05, 0) is 104 Å². The Labute approximate surface area is 417 Å². The molecule has 346 valence electrons. The van der Waals surface area contributed by atoms with Crippen LogP contribution >= 0.6 is 0 Å². The molecule has 7 nitrogen and oxygen atoms in total. The number of rotatable bonds is 10. The fourth-order valence-electron chi connectivity index (χ4n) is 9.45. The first-order valence-electron chi connectivity index (χ1n) is 24.4. The average molecular weight is 924 g/mol. The van der Waals surface area contributed by atoms with Gasteiger partial charge in [-0.15, -0.1) is 0 Å². The minimum Gasteiger partial charge on any atom is -0.399 e. The largest absolute Gasteiger partial charge is 0.494 e. The van der Waals surface area contributed by atoms with E-state index in [2.05, 4.69) is 168 Å². The molecule has 1 aliphatic heterocycles. The van der Waals surface area contributed by atoms with Crippen LogP contribution in [0.1, 0.15) is 46.6 Å². The lowest BCUT2D eigenvalue weighted by atomic mass is 9.71. The summed E-state index contributed by atoms with van der Waals surface area (Å²) in [6.45, 7) is 10.6. The van der Waals surface area contributed by atoms with Gasteiger partial charge in [0.05, 0.1) is 34.0 Å². The number of benzene rings is 7. The molecular weight excluding hydrogens is 870 g/mol. The summed E-state index contributed by atoms with van der Waals surface area (Å²) in [4.78, 5) is 20.7. The smallest absolute Gasteiger partial charge is 0.399 e. The Kier molecular flexibility index (Phi) is 12.0. The molecule has 1 unspecified atom stereocenters. The second kappa shape index (κ2) is 18.7. The van der Waals surface area contributed by atoms with Crippen LogP contribution in [0.15, 0.2) is 212 Å². The molecule has 2 aromatic heterocycles. The van der Waals surface area contributed by atoms with E-state index in [-0.39, 0.29) is 5.92 Å². The van der Waals surface area contributed by atoms with E-state index in [0.717, 1.165) is 101 Å². The maximum absolute atomic E-state index is 7.52. The molecule has 0 amide bonds. The summed E-state index contributed by atoms with van der Waals surface area (Å²) in [6, 6.07) is 66.7. The van der Waals surface area contributed by atoms with Crippen molar-refractivity contribution in [2.75, 3.05) is 5.73 Å². The van der Waals surface area contributed by atoms with E-state index in [0.29, 0.717) is 17.3 Å². The highest BCUT2D eigenvalue weighted by atomic mass is 16.7. The van der Waals surface area contributed by atoms with E-state index >= 15 is 0 Å². The van der Waals surface area contributed by atoms with Crippen LogP contribution in [0.2, 0.25) is 0 Å². The molecule has 0 saturated carbocycles. The zero-order valence-electron chi connectivity index (χ0n) is 40.7. The third kappa shape index (κ3) is 9.16. The third-order valence-corrected chi connectivity index (χ3v) is 14.2. The van der Waals surface area contributed by atoms with Crippen LogP contribution in [-0.4, -0.2) is 38.3 Å². The van der Waals surface area contributed by atoms with Crippen LogP contribution in [0.4, 0.5) is 5.69 Å². The summed E-state index contributed by atoms with van der Waals surface area (Å²) in [7, 11) is -0.500. The summed E-state index contributed by atoms with van der Waals surface area (Å²) in [5.41, 5.74) is 23.5. The molecule has 7 aromatic carbocycles. The van der Waals surface area contributed by atoms with Crippen molar-refractivity contribution >= 4 is 18.4 Å². The van der Waals surface area contributed by atoms with Gasteiger partial charge in [-0.25, -0.2) is 19.9 Å². The second-order valence-electron chi connectivity index (χ2n) is 19.6. The molecule has 8 heteroatoms. The molecule has 2 N–H and O–H groups in total. The number of hydrogen-bond acceptors (Lipinski definition) is 7. The number of nitrogens with two attached hydrogens (primary N) is 1. The normalized spacial score (nSPS) is 16.1. The fraction of sp³-hybridized carbons (Fsp3) is 0.143. The van der Waals surface area contributed by atoms with Gasteiger partial charge in [-0.1, -0.05) is 177 Å². The van der Waals surface area contributed by atoms with E-state index in [1.165, 1.54) is 0 Å². The lowest BCUT2D eigenvalue weighted by molar-refractivity contribution is 0.00578. The predicted octanol–water partition coefficient (Wildman–Crippen LogP) is 15.2. The van der Waals surface area contributed by atoms with Crippen molar-refractivity contribution < 1.29 is 9.31 Å². The SMILES string of the molecule is CC1CC=C(B2OC(C)(C)C(C)(C)O2)C=C1c1cc(-c2cccc(-c3nc(-c4ccccc4)cc(-c4ccccc4)n3)c2)cc(-c2cccc(-c3nc(-c4ccccc4)cc(-c4ccccc4)n3)c2)c1N. The zero-order valence-corrected chi connectivity index (χ0v) is 40.7. The Bertz CT molecular complexity index is 3350. The molecule has 0 spiro atoms. The first-order valence-corrected chi connectivity index (χ1v) is 24.4. The second-order valence-corrected chi connectivity index (χ2v) is 19.6. The highest BCUT2D eigenvalue weighted by molar-refractivity contribution is 6.56. The molecule has 1 aliphatic carbocycles. The molecule has 2 aliphatic rings. The number of hydrogen-bond donors (Lipinski definition) is 1. The standard InChI is InChI=1S/C63H54BN5O2/c1-41-32-33-51(64-70-62(2,3)63(4,5)71-64)38-52(41)54-37-50(46-28-18-30-48(34-46)60-66-55(42-20-10-6-11-21-42)39-56(67-60)43-22-12-7-13-23-43)36-53(59(54)65)47-29-19-31-49(35-47)61-68-57(44-24-14-8-15-25-44)40-58(69-61)45-26-16-9-17-27-45/h6-31,33-41H,32,65H2,1-5H3. The first kappa shape index (κ1) is 45.4. The topological polar surface area (TPSA) is 96.0 Å². The average Bonchev–Trinajstić information content (AvgIpc) is 3.64. The van der Waals surface area contributed by atoms with Crippen LogP contribution in [-0.2, 0) is 9.31 Å². The van der Waals surface area contributed by atoms with Gasteiger partial charge in [-0.3, -0.25) is 0 Å². The van der Waals surface area contributed by atoms with Crippen LogP contribution in [0.25, 0.3) is 95.6 Å². The monoisotopic (exact) mass is 923 g/mol. The van der Waals surface area contributed by atoms with Crippen molar-refractivity contribution in [3.05, 3.63) is 217 Å². The predicted molar refractivity (Wildman–Crippen MR) is 291 cm³/mol. The van der Waals surface area contributed by atoms with Crippen molar-refractivity contribution in [1.82, 2.24) is 19.9 Å². The fourth-order valence-corrected chi connectivity index (χ4v) is 9.45. The van der Waals surface area contributed by atoms with Crippen LogP contribution in [0.3, 0.4) is 0 Å². The van der Waals surface area contributed by atoms with Crippen LogP contribution < -0.4 is 5.73 Å². The van der Waals surface area contributed by atoms with Gasteiger partial charge in [0.2, 0.25) is 0 Å². The van der Waals surface area contributed by atoms with E-state index in [1.54, 1.807) is 0 Å². The Morgan fingerprint density at radius 1 is 0.437 bits per heavy atom. The molecule has 1 atom stereocenters. The first-order chi connectivity index (χ1) is 34.5. The minimum atomic E-state index is -0.500. The van der Waals surface area contributed by atoms with E-state index < -0.39 is 18.3 Å². The highest BCUT2D eigenvalue weighted by Crippen LogP contribution is 2.45. The summed E-state index contributed by atoms with van der Waals surface area (Å²) < 4.78 is 13.2. The van der Waals surface area contributed by atoms with Crippen LogP contribution in [0, 0.1) is 5.92 Å². The zero-order chi connectivity index (χ0) is 48.7. The van der Waals surface area contributed by atoms with Crippen molar-refractivity contribution in [1.29, 1.82) is 0 Å². The van der Waals surface area contributed by atoms with E-state index in [1.807, 2.05) is 72.8 Å². The third-order valence-electron chi connectivity index (χ3n) is 14.2. The number of nitrogens with zero attached hydrogens (tertiary/aromatic N) is 4. The summed E-state index contributed by atoms with van der Waals surface area (Å²) in [5.74, 6) is 1.44. The Morgan fingerprint density at radius 2 is 0.817 bits per heavy atom. The van der Waals surface area contributed by atoms with Crippen LogP contribution in [0.5, 0.6) is 0 Å². The number of nitrogen functional groups attached to an aromatic ring is 1. The maximum atomic E-state index is 7.52. The van der Waals surface area contributed by atoms with Crippen molar-refractivity contribution in [2.45, 2.75) is 52.2 Å². The van der Waals surface area contributed by atoms with Gasteiger partial charge in [-0.2, -0.15) is 0 Å². The van der Waals surface area contributed by atoms with E-state index in [9.17, 15) is 0 Å². The number of anilines is 1. The minimum absolute atomic E-state index is 0.167. The molecule has 1 fully saturated rings. The van der Waals surface area contributed by atoms with Gasteiger partial charge in [0, 0.05) is 50.2 Å². The molecule has 0 bridgehead atoms. The molecule has 3 heterocycles. The van der Waals surface area contributed by atoms with Gasteiger partial charge in [0.1, 0.15) is 0 Å². The molecule has 0 radical (unpaired) electrons. The lowest BCUT2D eigenvalue weighted by Crippen LogP contribution is -2.41. The number of aromatic nitrogens is 4. The molecule has 9 aromatic rings. The molecule has 11 rings (SSSR count). The maximum Gasteiger partial charge on any atom is 0.494 e. The summed E-state index contributed by atoms with van der Waals surface area (Å²) in [6.07, 6.45) is 5.31. The Hall–Kier alpha value is -8.04. The summed E-state index contributed by atoms with van der Waals surface area (Å²) in [5, 5.41) is 0. The highest BCUT2D eigenvalue weighted by Gasteiger charge is 2.52. The van der Waals surface area contributed by atoms with Gasteiger partial charge >= 0.3 is 7.12 Å². The van der Waals surface area contributed by atoms with E-state index in [4.69, 9.17) is 35.0 Å². The lowest BCUT2D eigenvalue weighted by Gasteiger charge is -2.32.